The molecule has 2 amide bonds. The van der Waals surface area contributed by atoms with E-state index in [1.165, 1.54) is 6.92 Å². The van der Waals surface area contributed by atoms with Gasteiger partial charge in [-0.25, -0.2) is 9.59 Å². The van der Waals surface area contributed by atoms with E-state index in [0.29, 0.717) is 0 Å². The molecule has 11 heteroatoms. The van der Waals surface area contributed by atoms with Crippen molar-refractivity contribution in [2.45, 2.75) is 38.5 Å². The van der Waals surface area contributed by atoms with Gasteiger partial charge in [0.1, 0.15) is 13.2 Å². The summed E-state index contributed by atoms with van der Waals surface area (Å²) in [6, 6.07) is 7.63. The summed E-state index contributed by atoms with van der Waals surface area (Å²) in [6.07, 6.45) is -0.657. The van der Waals surface area contributed by atoms with Crippen molar-refractivity contribution in [3.8, 4) is 0 Å². The lowest BCUT2D eigenvalue weighted by molar-refractivity contribution is -0.155. The molecule has 0 saturated heterocycles. The van der Waals surface area contributed by atoms with Gasteiger partial charge in [-0.15, -0.1) is 0 Å². The Kier molecular flexibility index (Phi) is 10.00. The Morgan fingerprint density at radius 1 is 1.28 bits per heavy atom. The number of aliphatic hydroxyl groups is 1. The second-order valence-electron chi connectivity index (χ2n) is 6.25. The van der Waals surface area contributed by atoms with Gasteiger partial charge in [0.05, 0.1) is 18.8 Å². The summed E-state index contributed by atoms with van der Waals surface area (Å²) in [5.41, 5.74) is 7.41. The molecule has 1 rings (SSSR count). The molecule has 0 aliphatic carbocycles. The number of azide groups is 1. The molecular weight excluding hydrogens is 382 g/mol. The van der Waals surface area contributed by atoms with Gasteiger partial charge in [0.15, 0.2) is 6.04 Å². The van der Waals surface area contributed by atoms with E-state index in [1.54, 1.807) is 31.2 Å². The lowest BCUT2D eigenvalue weighted by Crippen LogP contribution is -2.57. The summed E-state index contributed by atoms with van der Waals surface area (Å²) >= 11 is 0. The van der Waals surface area contributed by atoms with Crippen molar-refractivity contribution in [2.24, 2.45) is 5.11 Å². The van der Waals surface area contributed by atoms with Gasteiger partial charge in [-0.05, 0) is 24.4 Å². The minimum absolute atomic E-state index is 0.0406. The largest absolute Gasteiger partial charge is 0.464 e. The molecule has 2 atom stereocenters. The van der Waals surface area contributed by atoms with E-state index in [-0.39, 0.29) is 26.2 Å². The van der Waals surface area contributed by atoms with Crippen LogP contribution < -0.4 is 10.6 Å². The number of carbonyl (C=O) groups is 3. The topological polar surface area (TPSA) is 163 Å². The Balaban J connectivity index is 2.52. The molecule has 29 heavy (non-hydrogen) atoms. The SMILES string of the molecule is CC[C@@](C)(O)[C@H](NC(=O)CNC(=O)OCc1ccccc1)C(=O)OCCN=[N+]=[N-]. The predicted molar refractivity (Wildman–Crippen MR) is 102 cm³/mol. The van der Waals surface area contributed by atoms with E-state index in [4.69, 9.17) is 15.0 Å². The third-order valence-electron chi connectivity index (χ3n) is 3.98. The number of amides is 2. The highest BCUT2D eigenvalue weighted by molar-refractivity contribution is 5.88. The van der Waals surface area contributed by atoms with Crippen molar-refractivity contribution in [1.82, 2.24) is 10.6 Å². The summed E-state index contributed by atoms with van der Waals surface area (Å²) < 4.78 is 9.90. The first-order valence-electron chi connectivity index (χ1n) is 8.94. The molecule has 0 aliphatic heterocycles. The van der Waals surface area contributed by atoms with E-state index in [9.17, 15) is 19.5 Å². The fourth-order valence-electron chi connectivity index (χ4n) is 2.13. The first-order chi connectivity index (χ1) is 13.8. The number of benzene rings is 1. The molecule has 1 aromatic rings. The fraction of sp³-hybridized carbons (Fsp3) is 0.500. The Morgan fingerprint density at radius 3 is 2.59 bits per heavy atom. The van der Waals surface area contributed by atoms with Crippen LogP contribution in [-0.4, -0.2) is 54.4 Å². The number of rotatable bonds is 11. The van der Waals surface area contributed by atoms with Crippen molar-refractivity contribution < 1.29 is 29.0 Å². The average molecular weight is 407 g/mol. The molecule has 0 heterocycles. The lowest BCUT2D eigenvalue weighted by Gasteiger charge is -2.30. The fourth-order valence-corrected chi connectivity index (χ4v) is 2.13. The van der Waals surface area contributed by atoms with Gasteiger partial charge in [-0.3, -0.25) is 4.79 Å². The Bertz CT molecular complexity index is 734. The number of nitrogens with one attached hydrogen (secondary N) is 2. The van der Waals surface area contributed by atoms with Gasteiger partial charge < -0.3 is 25.2 Å². The molecule has 0 radical (unpaired) electrons. The van der Waals surface area contributed by atoms with Crippen LogP contribution in [0.3, 0.4) is 0 Å². The predicted octanol–water partition coefficient (Wildman–Crippen LogP) is 1.41. The van der Waals surface area contributed by atoms with Crippen molar-refractivity contribution >= 4 is 18.0 Å². The van der Waals surface area contributed by atoms with Crippen molar-refractivity contribution in [3.63, 3.8) is 0 Å². The highest BCUT2D eigenvalue weighted by Gasteiger charge is 2.38. The van der Waals surface area contributed by atoms with E-state index in [1.807, 2.05) is 6.07 Å². The second-order valence-corrected chi connectivity index (χ2v) is 6.25. The number of hydrogen-bond acceptors (Lipinski definition) is 7. The van der Waals surface area contributed by atoms with Crippen LogP contribution in [0.5, 0.6) is 0 Å². The van der Waals surface area contributed by atoms with Crippen molar-refractivity contribution in [1.29, 1.82) is 0 Å². The minimum Gasteiger partial charge on any atom is -0.464 e. The normalized spacial score (nSPS) is 13.2. The van der Waals surface area contributed by atoms with E-state index < -0.39 is 36.2 Å². The number of nitrogens with zero attached hydrogens (tertiary/aromatic N) is 3. The maximum absolute atomic E-state index is 12.2. The Hall–Kier alpha value is -3.30. The van der Waals surface area contributed by atoms with E-state index in [0.717, 1.165) is 5.56 Å². The van der Waals surface area contributed by atoms with E-state index >= 15 is 0 Å². The third-order valence-corrected chi connectivity index (χ3v) is 3.98. The van der Waals surface area contributed by atoms with Crippen LogP contribution in [0.1, 0.15) is 25.8 Å². The van der Waals surface area contributed by atoms with Gasteiger partial charge in [-0.1, -0.05) is 42.4 Å². The maximum Gasteiger partial charge on any atom is 0.407 e. The molecule has 158 valence electrons. The Morgan fingerprint density at radius 2 is 1.97 bits per heavy atom. The molecule has 1 aromatic carbocycles. The molecular formula is C18H25N5O6. The second kappa shape index (κ2) is 12.2. The smallest absolute Gasteiger partial charge is 0.407 e. The zero-order valence-electron chi connectivity index (χ0n) is 16.3. The number of carbonyl (C=O) groups excluding carboxylic acids is 3. The summed E-state index contributed by atoms with van der Waals surface area (Å²) in [5.74, 6) is -1.60. The molecule has 0 unspecified atom stereocenters. The number of ether oxygens (including phenoxy) is 2. The van der Waals surface area contributed by atoms with Crippen LogP contribution >= 0.6 is 0 Å². The molecule has 11 nitrogen and oxygen atoms in total. The lowest BCUT2D eigenvalue weighted by atomic mass is 9.93. The molecule has 0 fully saturated rings. The average Bonchev–Trinajstić information content (AvgIpc) is 2.72. The van der Waals surface area contributed by atoms with Gasteiger partial charge in [0.2, 0.25) is 5.91 Å². The zero-order chi connectivity index (χ0) is 21.7. The van der Waals surface area contributed by atoms with Crippen LogP contribution in [0.25, 0.3) is 10.4 Å². The molecule has 0 bridgehead atoms. The summed E-state index contributed by atoms with van der Waals surface area (Å²) in [7, 11) is 0. The van der Waals surface area contributed by atoms with E-state index in [2.05, 4.69) is 20.7 Å². The van der Waals surface area contributed by atoms with Crippen LogP contribution in [0.2, 0.25) is 0 Å². The minimum atomic E-state index is -1.58. The van der Waals surface area contributed by atoms with Crippen LogP contribution in [0, 0.1) is 0 Å². The highest BCUT2D eigenvalue weighted by Crippen LogP contribution is 2.16. The monoisotopic (exact) mass is 407 g/mol. The standard InChI is InChI=1S/C18H25N5O6/c1-3-18(2,27)15(16(25)28-10-9-21-23-19)22-14(24)11-20-17(26)29-12-13-7-5-4-6-8-13/h4-8,15,27H,3,9-12H2,1-2H3,(H,20,26)(H,22,24)/t15-,18-/m1/s1. The van der Waals surface area contributed by atoms with Gasteiger partial charge >= 0.3 is 12.1 Å². The molecule has 0 aromatic heterocycles. The molecule has 3 N–H and O–H groups in total. The van der Waals surface area contributed by atoms with Crippen molar-refractivity contribution in [3.05, 3.63) is 46.3 Å². The van der Waals surface area contributed by atoms with Crippen LogP contribution in [0.15, 0.2) is 35.4 Å². The van der Waals surface area contributed by atoms with Gasteiger partial charge in [-0.2, -0.15) is 0 Å². The molecule has 0 spiro atoms. The van der Waals surface area contributed by atoms with Crippen LogP contribution in [-0.2, 0) is 25.7 Å². The molecule has 0 saturated carbocycles. The zero-order valence-corrected chi connectivity index (χ0v) is 16.3. The van der Waals surface area contributed by atoms with Crippen molar-refractivity contribution in [2.75, 3.05) is 19.7 Å². The van der Waals surface area contributed by atoms with Crippen LogP contribution in [0.4, 0.5) is 4.79 Å². The van der Waals surface area contributed by atoms with Gasteiger partial charge in [0, 0.05) is 4.91 Å². The summed E-state index contributed by atoms with van der Waals surface area (Å²) in [5, 5.41) is 18.2. The van der Waals surface area contributed by atoms with Gasteiger partial charge in [0.25, 0.3) is 0 Å². The maximum atomic E-state index is 12.2. The number of esters is 1. The quantitative estimate of drug-likeness (QED) is 0.165. The third kappa shape index (κ3) is 8.96. The molecule has 0 aliphatic rings. The summed E-state index contributed by atoms with van der Waals surface area (Å²) in [6.45, 7) is 2.31. The number of hydrogen-bond donors (Lipinski definition) is 3. The number of alkyl carbamates (subject to hydrolysis) is 1. The Labute approximate surface area is 168 Å². The first kappa shape index (κ1) is 23.7. The summed E-state index contributed by atoms with van der Waals surface area (Å²) in [4.78, 5) is 38.5. The first-order valence-corrected chi connectivity index (χ1v) is 8.94. The highest BCUT2D eigenvalue weighted by atomic mass is 16.5.